The summed E-state index contributed by atoms with van der Waals surface area (Å²) in [5, 5.41) is 10.0. The average molecular weight is 277 g/mol. The van der Waals surface area contributed by atoms with Crippen LogP contribution in [-0.4, -0.2) is 32.2 Å². The molecule has 0 aliphatic heterocycles. The molecule has 6 heteroatoms. The number of aryl methyl sites for hydroxylation is 1. The minimum absolute atomic E-state index is 0.234. The third kappa shape index (κ3) is 2.75. The van der Waals surface area contributed by atoms with Crippen molar-refractivity contribution >= 4 is 5.65 Å². The van der Waals surface area contributed by atoms with Crippen molar-refractivity contribution in [2.45, 2.75) is 52.5 Å². The summed E-state index contributed by atoms with van der Waals surface area (Å²) in [5.74, 6) is 0.995. The average Bonchev–Trinajstić information content (AvgIpc) is 2.79. The second-order valence-electron chi connectivity index (χ2n) is 5.21. The summed E-state index contributed by atoms with van der Waals surface area (Å²) in [5.41, 5.74) is 1.40. The molecule has 0 radical (unpaired) electrons. The highest BCUT2D eigenvalue weighted by molar-refractivity contribution is 5.39. The molecule has 6 nitrogen and oxygen atoms in total. The third-order valence-electron chi connectivity index (χ3n) is 3.73. The van der Waals surface area contributed by atoms with Crippen molar-refractivity contribution in [3.8, 4) is 0 Å². The molecule has 0 spiro atoms. The summed E-state index contributed by atoms with van der Waals surface area (Å²) in [4.78, 5) is 16.2. The number of nitrogens with zero attached hydrogens (tertiary/aromatic N) is 3. The van der Waals surface area contributed by atoms with Gasteiger partial charge in [0.15, 0.2) is 5.65 Å². The van der Waals surface area contributed by atoms with Gasteiger partial charge in [-0.15, -0.1) is 0 Å². The van der Waals surface area contributed by atoms with Gasteiger partial charge in [0.05, 0.1) is 5.69 Å². The molecule has 2 heterocycles. The van der Waals surface area contributed by atoms with Crippen molar-refractivity contribution in [1.29, 1.82) is 0 Å². The van der Waals surface area contributed by atoms with Crippen LogP contribution in [0.3, 0.4) is 0 Å². The zero-order valence-electron chi connectivity index (χ0n) is 12.6. The van der Waals surface area contributed by atoms with Crippen molar-refractivity contribution in [3.63, 3.8) is 0 Å². The molecule has 0 saturated carbocycles. The molecule has 0 bridgehead atoms. The van der Waals surface area contributed by atoms with Gasteiger partial charge in [0, 0.05) is 18.0 Å². The number of aromatic amines is 1. The summed E-state index contributed by atoms with van der Waals surface area (Å²) >= 11 is 0. The van der Waals surface area contributed by atoms with Gasteiger partial charge in [-0.1, -0.05) is 13.8 Å². The largest absolute Gasteiger partial charge is 0.349 e. The molecule has 110 valence electrons. The third-order valence-corrected chi connectivity index (χ3v) is 3.73. The SMILES string of the molecule is CCCNC(C)C(CC)c1cc2n[nH]c(=O)n2c(C)n1. The van der Waals surface area contributed by atoms with E-state index in [0.29, 0.717) is 23.4 Å². The Morgan fingerprint density at radius 3 is 2.85 bits per heavy atom. The van der Waals surface area contributed by atoms with Crippen molar-refractivity contribution in [3.05, 3.63) is 28.1 Å². The molecule has 2 rings (SSSR count). The van der Waals surface area contributed by atoms with E-state index in [2.05, 4.69) is 41.3 Å². The second kappa shape index (κ2) is 6.17. The van der Waals surface area contributed by atoms with Crippen LogP contribution >= 0.6 is 0 Å². The van der Waals surface area contributed by atoms with E-state index in [0.717, 1.165) is 25.1 Å². The lowest BCUT2D eigenvalue weighted by molar-refractivity contribution is 0.442. The number of H-pyrrole nitrogens is 1. The van der Waals surface area contributed by atoms with Crippen molar-refractivity contribution in [2.75, 3.05) is 6.54 Å². The number of nitrogens with one attached hydrogen (secondary N) is 2. The first kappa shape index (κ1) is 14.7. The quantitative estimate of drug-likeness (QED) is 0.841. The first-order valence-corrected chi connectivity index (χ1v) is 7.26. The number of aromatic nitrogens is 4. The molecule has 0 aromatic carbocycles. The Balaban J connectivity index is 2.37. The first-order chi connectivity index (χ1) is 9.58. The van der Waals surface area contributed by atoms with Crippen LogP contribution in [0.25, 0.3) is 5.65 Å². The molecule has 2 aromatic rings. The molecule has 2 aromatic heterocycles. The van der Waals surface area contributed by atoms with Gasteiger partial charge in [0.1, 0.15) is 5.82 Å². The topological polar surface area (TPSA) is 75.1 Å². The minimum Gasteiger partial charge on any atom is -0.314 e. The van der Waals surface area contributed by atoms with Gasteiger partial charge < -0.3 is 5.32 Å². The van der Waals surface area contributed by atoms with E-state index in [1.54, 1.807) is 0 Å². The van der Waals surface area contributed by atoms with Crippen molar-refractivity contribution in [2.24, 2.45) is 0 Å². The fraction of sp³-hybridized carbons (Fsp3) is 0.643. The van der Waals surface area contributed by atoms with Crippen molar-refractivity contribution < 1.29 is 0 Å². The van der Waals surface area contributed by atoms with Crippen LogP contribution in [0.2, 0.25) is 0 Å². The molecule has 0 aliphatic carbocycles. The van der Waals surface area contributed by atoms with E-state index in [1.165, 1.54) is 4.40 Å². The van der Waals surface area contributed by atoms with E-state index in [9.17, 15) is 4.79 Å². The van der Waals surface area contributed by atoms with Crippen LogP contribution in [-0.2, 0) is 0 Å². The number of fused-ring (bicyclic) bond motifs is 1. The highest BCUT2D eigenvalue weighted by Crippen LogP contribution is 2.22. The Morgan fingerprint density at radius 1 is 1.45 bits per heavy atom. The Morgan fingerprint density at radius 2 is 2.20 bits per heavy atom. The van der Waals surface area contributed by atoms with E-state index in [-0.39, 0.29) is 5.69 Å². The number of rotatable bonds is 6. The predicted octanol–water partition coefficient (Wildman–Crippen LogP) is 1.61. The summed E-state index contributed by atoms with van der Waals surface area (Å²) in [7, 11) is 0. The maximum atomic E-state index is 11.6. The summed E-state index contributed by atoms with van der Waals surface area (Å²) in [6.45, 7) is 9.34. The van der Waals surface area contributed by atoms with Crippen LogP contribution in [0.5, 0.6) is 0 Å². The zero-order chi connectivity index (χ0) is 14.7. The zero-order valence-corrected chi connectivity index (χ0v) is 12.6. The monoisotopic (exact) mass is 277 g/mol. The molecule has 0 aliphatic rings. The van der Waals surface area contributed by atoms with E-state index >= 15 is 0 Å². The van der Waals surface area contributed by atoms with Gasteiger partial charge in [-0.25, -0.2) is 19.3 Å². The summed E-state index contributed by atoms with van der Waals surface area (Å²) in [6, 6.07) is 2.25. The molecular formula is C14H23N5O. The smallest absolute Gasteiger partial charge is 0.314 e. The Labute approximate surface area is 118 Å². The van der Waals surface area contributed by atoms with Crippen LogP contribution in [0.15, 0.2) is 10.9 Å². The lowest BCUT2D eigenvalue weighted by Gasteiger charge is -2.23. The van der Waals surface area contributed by atoms with Gasteiger partial charge in [0.2, 0.25) is 0 Å². The van der Waals surface area contributed by atoms with Gasteiger partial charge in [-0.2, -0.15) is 5.10 Å². The van der Waals surface area contributed by atoms with Gasteiger partial charge in [-0.3, -0.25) is 0 Å². The molecule has 20 heavy (non-hydrogen) atoms. The second-order valence-corrected chi connectivity index (χ2v) is 5.21. The normalized spacial score (nSPS) is 14.6. The summed E-state index contributed by atoms with van der Waals surface area (Å²) < 4.78 is 1.50. The van der Waals surface area contributed by atoms with Crippen molar-refractivity contribution in [1.82, 2.24) is 24.9 Å². The van der Waals surface area contributed by atoms with Gasteiger partial charge in [-0.05, 0) is 33.2 Å². The van der Waals surface area contributed by atoms with E-state index in [4.69, 9.17) is 0 Å². The van der Waals surface area contributed by atoms with E-state index < -0.39 is 0 Å². The van der Waals surface area contributed by atoms with Crippen LogP contribution in [0, 0.1) is 6.92 Å². The maximum Gasteiger partial charge on any atom is 0.349 e. The molecule has 0 fully saturated rings. The fourth-order valence-corrected chi connectivity index (χ4v) is 2.64. The highest BCUT2D eigenvalue weighted by Gasteiger charge is 2.20. The van der Waals surface area contributed by atoms with Crippen LogP contribution < -0.4 is 11.0 Å². The predicted molar refractivity (Wildman–Crippen MR) is 79.1 cm³/mol. The Hall–Kier alpha value is -1.69. The lowest BCUT2D eigenvalue weighted by atomic mass is 9.94. The number of hydrogen-bond acceptors (Lipinski definition) is 4. The standard InChI is InChI=1S/C14H23N5O/c1-5-7-15-9(3)11(6-2)12-8-13-17-18-14(20)19(13)10(4)16-12/h8-9,11,15H,5-7H2,1-4H3,(H,18,20). The molecule has 2 unspecified atom stereocenters. The first-order valence-electron chi connectivity index (χ1n) is 7.26. The fourth-order valence-electron chi connectivity index (χ4n) is 2.64. The summed E-state index contributed by atoms with van der Waals surface area (Å²) in [6.07, 6.45) is 2.11. The Bertz CT molecular complexity index is 630. The molecule has 0 saturated heterocycles. The minimum atomic E-state index is -0.234. The van der Waals surface area contributed by atoms with Gasteiger partial charge >= 0.3 is 5.69 Å². The molecule has 0 amide bonds. The number of hydrogen-bond donors (Lipinski definition) is 2. The molecular weight excluding hydrogens is 254 g/mol. The lowest BCUT2D eigenvalue weighted by Crippen LogP contribution is -2.33. The highest BCUT2D eigenvalue weighted by atomic mass is 16.1. The Kier molecular flexibility index (Phi) is 4.54. The van der Waals surface area contributed by atoms with Gasteiger partial charge in [0.25, 0.3) is 0 Å². The molecule has 2 atom stereocenters. The molecule has 2 N–H and O–H groups in total. The maximum absolute atomic E-state index is 11.6. The van der Waals surface area contributed by atoms with Crippen LogP contribution in [0.4, 0.5) is 0 Å². The van der Waals surface area contributed by atoms with E-state index in [1.807, 2.05) is 13.0 Å². The van der Waals surface area contributed by atoms with Crippen LogP contribution in [0.1, 0.15) is 51.0 Å².